The molecule has 0 aliphatic carbocycles. The van der Waals surface area contributed by atoms with Crippen LogP contribution in [-0.2, 0) is 11.2 Å². The second-order valence-corrected chi connectivity index (χ2v) is 5.23. The lowest BCUT2D eigenvalue weighted by molar-refractivity contribution is -0.116. The molecule has 120 valence electrons. The fraction of sp³-hybridized carbons (Fsp3) is 0.222. The molecule has 0 radical (unpaired) electrons. The molecule has 4 N–H and O–H groups in total. The smallest absolute Gasteiger partial charge is 0.251 e. The van der Waals surface area contributed by atoms with Crippen LogP contribution < -0.4 is 16.4 Å². The summed E-state index contributed by atoms with van der Waals surface area (Å²) >= 11 is 0. The van der Waals surface area contributed by atoms with Crippen molar-refractivity contribution in [2.24, 2.45) is 0 Å². The third-order valence-corrected chi connectivity index (χ3v) is 3.39. The maximum atomic E-state index is 12.0. The first kappa shape index (κ1) is 16.5. The van der Waals surface area contributed by atoms with Crippen LogP contribution in [0.2, 0.25) is 0 Å². The van der Waals surface area contributed by atoms with Crippen molar-refractivity contribution in [3.63, 3.8) is 0 Å². The van der Waals surface area contributed by atoms with Gasteiger partial charge in [-0.1, -0.05) is 12.1 Å². The summed E-state index contributed by atoms with van der Waals surface area (Å²) in [6.45, 7) is 2.45. The van der Waals surface area contributed by atoms with Crippen LogP contribution in [0, 0.1) is 0 Å². The maximum absolute atomic E-state index is 12.0. The van der Waals surface area contributed by atoms with Gasteiger partial charge in [0, 0.05) is 29.9 Å². The van der Waals surface area contributed by atoms with Crippen molar-refractivity contribution >= 4 is 23.2 Å². The first-order valence-electron chi connectivity index (χ1n) is 7.61. The Bertz CT molecular complexity index is 664. The van der Waals surface area contributed by atoms with Crippen molar-refractivity contribution in [3.05, 3.63) is 59.7 Å². The Morgan fingerprint density at radius 3 is 2.26 bits per heavy atom. The number of rotatable bonds is 6. The molecule has 0 saturated carbocycles. The molecule has 2 aromatic carbocycles. The molecular weight excluding hydrogens is 290 g/mol. The topological polar surface area (TPSA) is 84.2 Å². The predicted octanol–water partition coefficient (Wildman–Crippen LogP) is 2.59. The minimum Gasteiger partial charge on any atom is -0.399 e. The number of anilines is 2. The molecule has 0 bridgehead atoms. The SMILES string of the molecule is CCNC(=O)c1ccc(NC(=O)CCc2ccc(N)cc2)cc1. The van der Waals surface area contributed by atoms with Crippen LogP contribution >= 0.6 is 0 Å². The lowest BCUT2D eigenvalue weighted by atomic mass is 10.1. The molecule has 0 unspecified atom stereocenters. The zero-order valence-corrected chi connectivity index (χ0v) is 13.1. The van der Waals surface area contributed by atoms with Crippen LogP contribution in [-0.4, -0.2) is 18.4 Å². The molecule has 0 spiro atoms. The molecule has 0 saturated heterocycles. The zero-order valence-electron chi connectivity index (χ0n) is 13.1. The highest BCUT2D eigenvalue weighted by atomic mass is 16.2. The number of nitrogen functional groups attached to an aromatic ring is 1. The fourth-order valence-corrected chi connectivity index (χ4v) is 2.13. The zero-order chi connectivity index (χ0) is 16.7. The van der Waals surface area contributed by atoms with Gasteiger partial charge in [0.05, 0.1) is 0 Å². The summed E-state index contributed by atoms with van der Waals surface area (Å²) in [7, 11) is 0. The van der Waals surface area contributed by atoms with Crippen LogP contribution in [0.1, 0.15) is 29.3 Å². The number of hydrogen-bond acceptors (Lipinski definition) is 3. The van der Waals surface area contributed by atoms with E-state index in [-0.39, 0.29) is 11.8 Å². The van der Waals surface area contributed by atoms with Crippen molar-refractivity contribution in [1.29, 1.82) is 0 Å². The Morgan fingerprint density at radius 2 is 1.65 bits per heavy atom. The van der Waals surface area contributed by atoms with Crippen molar-refractivity contribution < 1.29 is 9.59 Å². The third kappa shape index (κ3) is 5.14. The summed E-state index contributed by atoms with van der Waals surface area (Å²) in [5.41, 5.74) is 8.67. The Labute approximate surface area is 135 Å². The van der Waals surface area contributed by atoms with Gasteiger partial charge in [0.25, 0.3) is 5.91 Å². The van der Waals surface area contributed by atoms with E-state index in [4.69, 9.17) is 5.73 Å². The molecule has 2 amide bonds. The van der Waals surface area contributed by atoms with Crippen LogP contribution in [0.4, 0.5) is 11.4 Å². The second-order valence-electron chi connectivity index (χ2n) is 5.23. The molecule has 5 heteroatoms. The van der Waals surface area contributed by atoms with E-state index < -0.39 is 0 Å². The first-order chi connectivity index (χ1) is 11.1. The lowest BCUT2D eigenvalue weighted by Gasteiger charge is -2.07. The average Bonchev–Trinajstić information content (AvgIpc) is 2.55. The van der Waals surface area contributed by atoms with Crippen LogP contribution in [0.15, 0.2) is 48.5 Å². The Morgan fingerprint density at radius 1 is 1.00 bits per heavy atom. The number of amides is 2. The normalized spacial score (nSPS) is 10.1. The van der Waals surface area contributed by atoms with Crippen molar-refractivity contribution in [3.8, 4) is 0 Å². The standard InChI is InChI=1S/C18H21N3O2/c1-2-20-18(23)14-6-10-16(11-7-14)21-17(22)12-5-13-3-8-15(19)9-4-13/h3-4,6-11H,2,5,12,19H2,1H3,(H,20,23)(H,21,22). The second kappa shape index (κ2) is 7.98. The van der Waals surface area contributed by atoms with Gasteiger partial charge in [-0.05, 0) is 55.3 Å². The highest BCUT2D eigenvalue weighted by molar-refractivity contribution is 5.95. The number of hydrogen-bond donors (Lipinski definition) is 3. The van der Waals surface area contributed by atoms with Crippen LogP contribution in [0.3, 0.4) is 0 Å². The van der Waals surface area contributed by atoms with Crippen LogP contribution in [0.5, 0.6) is 0 Å². The van der Waals surface area contributed by atoms with E-state index >= 15 is 0 Å². The molecule has 23 heavy (non-hydrogen) atoms. The van der Waals surface area contributed by atoms with E-state index in [9.17, 15) is 9.59 Å². The van der Waals surface area contributed by atoms with Gasteiger partial charge in [-0.25, -0.2) is 0 Å². The van der Waals surface area contributed by atoms with Crippen molar-refractivity contribution in [2.75, 3.05) is 17.6 Å². The van der Waals surface area contributed by atoms with E-state index in [1.165, 1.54) is 0 Å². The molecular formula is C18H21N3O2. The Hall–Kier alpha value is -2.82. The van der Waals surface area contributed by atoms with Gasteiger partial charge in [0.2, 0.25) is 5.91 Å². The molecule has 0 heterocycles. The summed E-state index contributed by atoms with van der Waals surface area (Å²) in [6, 6.07) is 14.3. The predicted molar refractivity (Wildman–Crippen MR) is 92.3 cm³/mol. The Balaban J connectivity index is 1.85. The summed E-state index contributed by atoms with van der Waals surface area (Å²) in [4.78, 5) is 23.6. The Kier molecular flexibility index (Phi) is 5.74. The van der Waals surface area contributed by atoms with Gasteiger partial charge < -0.3 is 16.4 Å². The quantitative estimate of drug-likeness (QED) is 0.717. The molecule has 5 nitrogen and oxygen atoms in total. The molecule has 2 aromatic rings. The summed E-state index contributed by atoms with van der Waals surface area (Å²) in [6.07, 6.45) is 1.05. The number of carbonyl (C=O) groups is 2. The summed E-state index contributed by atoms with van der Waals surface area (Å²) < 4.78 is 0. The van der Waals surface area contributed by atoms with E-state index in [2.05, 4.69) is 10.6 Å². The number of nitrogens with two attached hydrogens (primary N) is 1. The molecule has 0 atom stereocenters. The fourth-order valence-electron chi connectivity index (χ4n) is 2.13. The van der Waals surface area contributed by atoms with Gasteiger partial charge in [-0.3, -0.25) is 9.59 Å². The molecule has 0 aromatic heterocycles. The number of nitrogens with one attached hydrogen (secondary N) is 2. The maximum Gasteiger partial charge on any atom is 0.251 e. The van der Waals surface area contributed by atoms with Crippen molar-refractivity contribution in [2.45, 2.75) is 19.8 Å². The molecule has 0 aliphatic heterocycles. The molecule has 2 rings (SSSR count). The molecule has 0 fully saturated rings. The van der Waals surface area contributed by atoms with Gasteiger partial charge in [0.15, 0.2) is 0 Å². The van der Waals surface area contributed by atoms with Crippen LogP contribution in [0.25, 0.3) is 0 Å². The summed E-state index contributed by atoms with van der Waals surface area (Å²) in [5, 5.41) is 5.56. The van der Waals surface area contributed by atoms with Gasteiger partial charge in [-0.2, -0.15) is 0 Å². The van der Waals surface area contributed by atoms with E-state index in [1.54, 1.807) is 24.3 Å². The highest BCUT2D eigenvalue weighted by Crippen LogP contribution is 2.12. The van der Waals surface area contributed by atoms with E-state index in [1.807, 2.05) is 31.2 Å². The third-order valence-electron chi connectivity index (χ3n) is 3.39. The van der Waals surface area contributed by atoms with E-state index in [0.717, 1.165) is 5.56 Å². The number of carbonyl (C=O) groups excluding carboxylic acids is 2. The van der Waals surface area contributed by atoms with Gasteiger partial charge in [-0.15, -0.1) is 0 Å². The summed E-state index contributed by atoms with van der Waals surface area (Å²) in [5.74, 6) is -0.179. The van der Waals surface area contributed by atoms with Gasteiger partial charge >= 0.3 is 0 Å². The number of benzene rings is 2. The minimum absolute atomic E-state index is 0.0624. The molecule has 0 aliphatic rings. The van der Waals surface area contributed by atoms with Crippen molar-refractivity contribution in [1.82, 2.24) is 5.32 Å². The lowest BCUT2D eigenvalue weighted by Crippen LogP contribution is -2.22. The minimum atomic E-state index is -0.117. The number of aryl methyl sites for hydroxylation is 1. The monoisotopic (exact) mass is 311 g/mol. The van der Waals surface area contributed by atoms with Gasteiger partial charge in [0.1, 0.15) is 0 Å². The highest BCUT2D eigenvalue weighted by Gasteiger charge is 2.06. The van der Waals surface area contributed by atoms with E-state index in [0.29, 0.717) is 36.3 Å². The largest absolute Gasteiger partial charge is 0.399 e. The average molecular weight is 311 g/mol. The first-order valence-corrected chi connectivity index (χ1v) is 7.61.